The number of esters is 1. The molecule has 18 heteroatoms. The van der Waals surface area contributed by atoms with Gasteiger partial charge in [-0.05, 0) is 130 Å². The molecular weight excluding hydrogens is 871 g/mol. The Hall–Kier alpha value is -6.72. The molecule has 0 spiro atoms. The number of carboxylic acid groups (broad SMARTS) is 1. The number of aliphatic carboxylic acids is 1. The van der Waals surface area contributed by atoms with E-state index in [1.54, 1.807) is 40.5 Å². The Morgan fingerprint density at radius 2 is 1.02 bits per heavy atom. The number of fused-ring (bicyclic) bond motifs is 2. The molecular formula is C48H48F6N6O6. The molecule has 3 N–H and O–H groups in total. The number of rotatable bonds is 11. The van der Waals surface area contributed by atoms with E-state index in [0.29, 0.717) is 104 Å². The second-order valence-corrected chi connectivity index (χ2v) is 16.6. The van der Waals surface area contributed by atoms with Gasteiger partial charge in [0.25, 0.3) is 11.8 Å². The summed E-state index contributed by atoms with van der Waals surface area (Å²) in [6.45, 7) is 2.14. The second kappa shape index (κ2) is 20.2. The first-order valence-electron chi connectivity index (χ1n) is 21.7. The minimum absolute atomic E-state index is 0.0461. The van der Waals surface area contributed by atoms with E-state index in [0.717, 1.165) is 35.4 Å². The van der Waals surface area contributed by atoms with E-state index >= 15 is 0 Å². The van der Waals surface area contributed by atoms with Crippen LogP contribution >= 0.6 is 0 Å². The molecule has 2 amide bonds. The number of benzene rings is 2. The number of hydrogen-bond donors (Lipinski definition) is 3. The van der Waals surface area contributed by atoms with Crippen molar-refractivity contribution in [1.82, 2.24) is 29.9 Å². The fraction of sp³-hybridized carbons (Fsp3) is 0.375. The Bertz CT molecular complexity index is 2660. The van der Waals surface area contributed by atoms with Crippen molar-refractivity contribution in [3.05, 3.63) is 142 Å². The third-order valence-corrected chi connectivity index (χ3v) is 12.2. The van der Waals surface area contributed by atoms with Crippen molar-refractivity contribution in [1.29, 1.82) is 0 Å². The van der Waals surface area contributed by atoms with Crippen molar-refractivity contribution in [3.8, 4) is 0 Å². The number of carboxylic acids is 1. The van der Waals surface area contributed by atoms with Crippen LogP contribution < -0.4 is 10.6 Å². The van der Waals surface area contributed by atoms with E-state index in [4.69, 9.17) is 9.84 Å². The van der Waals surface area contributed by atoms with Crippen molar-refractivity contribution < 1.29 is 55.4 Å². The molecule has 0 radical (unpaired) electrons. The summed E-state index contributed by atoms with van der Waals surface area (Å²) in [6, 6.07) is 17.1. The maximum atomic E-state index is 13.1. The lowest BCUT2D eigenvalue weighted by molar-refractivity contribution is -0.149. The van der Waals surface area contributed by atoms with Gasteiger partial charge in [0.05, 0.1) is 64.1 Å². The van der Waals surface area contributed by atoms with E-state index in [1.165, 1.54) is 36.7 Å². The van der Waals surface area contributed by atoms with Gasteiger partial charge in [-0.3, -0.25) is 19.2 Å². The Kier molecular flexibility index (Phi) is 14.5. The van der Waals surface area contributed by atoms with Gasteiger partial charge in [0.1, 0.15) is 0 Å². The molecule has 4 aromatic heterocycles. The van der Waals surface area contributed by atoms with Gasteiger partial charge in [0.2, 0.25) is 0 Å². The maximum Gasteiger partial charge on any atom is 0.416 e. The normalized spacial score (nSPS) is 18.8. The minimum atomic E-state index is -4.39. The van der Waals surface area contributed by atoms with Crippen LogP contribution in [0.5, 0.6) is 0 Å². The molecule has 2 saturated carbocycles. The quantitative estimate of drug-likeness (QED) is 0.0859. The molecule has 4 heterocycles. The summed E-state index contributed by atoms with van der Waals surface area (Å²) in [4.78, 5) is 49.1. The fourth-order valence-corrected chi connectivity index (χ4v) is 8.66. The molecule has 0 bridgehead atoms. The summed E-state index contributed by atoms with van der Waals surface area (Å²) < 4.78 is 85.3. The smallest absolute Gasteiger partial charge is 0.416 e. The van der Waals surface area contributed by atoms with E-state index in [1.807, 2.05) is 12.1 Å². The largest absolute Gasteiger partial charge is 0.481 e. The van der Waals surface area contributed by atoms with Crippen LogP contribution in [0.1, 0.15) is 112 Å². The van der Waals surface area contributed by atoms with E-state index < -0.39 is 29.4 Å². The molecule has 348 valence electrons. The molecule has 0 unspecified atom stereocenters. The van der Waals surface area contributed by atoms with Crippen molar-refractivity contribution in [2.24, 2.45) is 11.8 Å². The summed E-state index contributed by atoms with van der Waals surface area (Å²) >= 11 is 0. The lowest BCUT2D eigenvalue weighted by Gasteiger charge is -2.27. The highest BCUT2D eigenvalue weighted by molar-refractivity contribution is 6.02. The molecule has 2 aliphatic carbocycles. The van der Waals surface area contributed by atoms with Crippen LogP contribution in [0.15, 0.2) is 97.6 Å². The molecule has 0 saturated heterocycles. The zero-order valence-corrected chi connectivity index (χ0v) is 35.9. The zero-order valence-electron chi connectivity index (χ0n) is 35.9. The van der Waals surface area contributed by atoms with Crippen LogP contribution in [0.3, 0.4) is 0 Å². The number of amides is 2. The molecule has 66 heavy (non-hydrogen) atoms. The molecule has 0 atom stereocenters. The fourth-order valence-electron chi connectivity index (χ4n) is 8.66. The first-order chi connectivity index (χ1) is 31.5. The molecule has 0 aliphatic heterocycles. The van der Waals surface area contributed by atoms with Crippen LogP contribution in [0, 0.1) is 11.8 Å². The minimum Gasteiger partial charge on any atom is -0.481 e. The van der Waals surface area contributed by atoms with Crippen LogP contribution in [-0.2, 0) is 39.5 Å². The van der Waals surface area contributed by atoms with Crippen molar-refractivity contribution in [3.63, 3.8) is 0 Å². The summed E-state index contributed by atoms with van der Waals surface area (Å²) in [5.41, 5.74) is 3.56. The molecule has 6 aromatic rings. The summed E-state index contributed by atoms with van der Waals surface area (Å²) in [5.74, 6) is -2.02. The van der Waals surface area contributed by atoms with Gasteiger partial charge in [0, 0.05) is 24.5 Å². The molecule has 8 rings (SSSR count). The Labute approximate surface area is 375 Å². The number of nitrogens with one attached hydrogen (secondary N) is 2. The number of carbonyl (C=O) groups excluding carboxylic acids is 3. The lowest BCUT2D eigenvalue weighted by atomic mass is 9.86. The number of alkyl halides is 6. The number of carbonyl (C=O) groups is 4. The Morgan fingerprint density at radius 3 is 1.38 bits per heavy atom. The van der Waals surface area contributed by atoms with Crippen molar-refractivity contribution in [2.75, 3.05) is 6.61 Å². The second-order valence-electron chi connectivity index (χ2n) is 16.6. The average Bonchev–Trinajstić information content (AvgIpc) is 3.94. The first kappa shape index (κ1) is 47.2. The number of pyridine rings is 2. The number of hydrogen-bond acceptors (Lipinski definition) is 7. The SMILES string of the molecule is CCOC(=O)C1CCC(NC(=O)c2cnn3cccc(Cc4ccc(C(F)(F)F)cc4)c23)CC1.O=C(NC1CCC(C(=O)O)CC1)c1cnn2cccc(Cc3ccc(C(F)(F)F)cc3)c12. The summed E-state index contributed by atoms with van der Waals surface area (Å²) in [5, 5.41) is 23.7. The first-order valence-corrected chi connectivity index (χ1v) is 21.7. The topological polar surface area (TPSA) is 156 Å². The molecule has 2 fully saturated rings. The third-order valence-electron chi connectivity index (χ3n) is 12.2. The summed E-state index contributed by atoms with van der Waals surface area (Å²) in [6.07, 6.45) is 3.29. The predicted octanol–water partition coefficient (Wildman–Crippen LogP) is 9.11. The number of halogens is 6. The van der Waals surface area contributed by atoms with Gasteiger partial charge in [-0.25, -0.2) is 9.03 Å². The van der Waals surface area contributed by atoms with E-state index in [2.05, 4.69) is 20.8 Å². The highest BCUT2D eigenvalue weighted by atomic mass is 19.4. The standard InChI is InChI=1S/C25H26F3N3O3.C23H22F3N3O3/c1-2-34-24(33)17-7-11-20(12-8-17)30-23(32)21-15-29-31-13-3-4-18(22(21)31)14-16-5-9-19(10-6-16)25(26,27)28;24-23(25,26)17-7-3-14(4-8-17)12-16-2-1-11-29-20(16)19(13-27-29)21(30)28-18-9-5-15(6-10-18)22(31)32/h3-6,9-10,13,15,17,20H,2,7-8,11-12,14H2,1H3,(H,30,32);1-4,7-8,11,13,15,18H,5-6,9-10,12H2,(H,28,30)(H,31,32). The predicted molar refractivity (Wildman–Crippen MR) is 230 cm³/mol. The van der Waals surface area contributed by atoms with Crippen molar-refractivity contribution in [2.45, 2.75) is 95.6 Å². The number of ether oxygens (including phenoxy) is 1. The van der Waals surface area contributed by atoms with Crippen LogP contribution in [0.2, 0.25) is 0 Å². The van der Waals surface area contributed by atoms with Crippen LogP contribution in [0.4, 0.5) is 26.3 Å². The van der Waals surface area contributed by atoms with Gasteiger partial charge in [-0.1, -0.05) is 36.4 Å². The average molecular weight is 919 g/mol. The monoisotopic (exact) mass is 918 g/mol. The Balaban J connectivity index is 0.000000197. The Morgan fingerprint density at radius 1 is 0.621 bits per heavy atom. The lowest BCUT2D eigenvalue weighted by Crippen LogP contribution is -2.39. The van der Waals surface area contributed by atoms with Gasteiger partial charge in [-0.2, -0.15) is 36.5 Å². The van der Waals surface area contributed by atoms with Gasteiger partial charge in [0.15, 0.2) is 0 Å². The highest BCUT2D eigenvalue weighted by Crippen LogP contribution is 2.32. The summed E-state index contributed by atoms with van der Waals surface area (Å²) in [7, 11) is 0. The van der Waals surface area contributed by atoms with Gasteiger partial charge >= 0.3 is 24.3 Å². The van der Waals surface area contributed by atoms with E-state index in [-0.39, 0.29) is 41.7 Å². The van der Waals surface area contributed by atoms with Crippen molar-refractivity contribution >= 4 is 34.8 Å². The molecule has 2 aromatic carbocycles. The van der Waals surface area contributed by atoms with E-state index in [9.17, 15) is 45.5 Å². The van der Waals surface area contributed by atoms with Crippen LogP contribution in [-0.4, -0.2) is 66.8 Å². The maximum absolute atomic E-state index is 13.1. The highest BCUT2D eigenvalue weighted by Gasteiger charge is 2.32. The van der Waals surface area contributed by atoms with Gasteiger partial charge < -0.3 is 20.5 Å². The third kappa shape index (κ3) is 11.4. The van der Waals surface area contributed by atoms with Gasteiger partial charge in [-0.15, -0.1) is 0 Å². The number of nitrogens with zero attached hydrogens (tertiary/aromatic N) is 4. The number of aromatic nitrogens is 4. The zero-order chi connectivity index (χ0) is 47.2. The molecule has 12 nitrogen and oxygen atoms in total. The molecule has 2 aliphatic rings. The van der Waals surface area contributed by atoms with Crippen LogP contribution in [0.25, 0.3) is 11.0 Å².